The first-order chi connectivity index (χ1) is 13.6. The Morgan fingerprint density at radius 3 is 2.39 bits per heavy atom. The maximum absolute atomic E-state index is 12.3. The molecular weight excluding hydrogens is 348 g/mol. The van der Waals surface area contributed by atoms with Crippen molar-refractivity contribution in [2.45, 2.75) is 0 Å². The molecule has 28 heavy (non-hydrogen) atoms. The number of carbonyl (C=O) groups excluding carboxylic acids is 1. The molecule has 0 saturated carbocycles. The number of hydrogen-bond donors (Lipinski definition) is 2. The van der Waals surface area contributed by atoms with Gasteiger partial charge >= 0.3 is 0 Å². The predicted octanol–water partition coefficient (Wildman–Crippen LogP) is 4.19. The number of aromatic nitrogens is 1. The van der Waals surface area contributed by atoms with Crippen LogP contribution in [0.4, 0.5) is 5.69 Å². The molecule has 4 rings (SSSR count). The van der Waals surface area contributed by atoms with Crippen molar-refractivity contribution in [1.82, 2.24) is 9.99 Å². The second-order valence-corrected chi connectivity index (χ2v) is 6.53. The van der Waals surface area contributed by atoms with E-state index in [2.05, 4.69) is 39.4 Å². The Hall–Kier alpha value is -3.86. The highest BCUT2D eigenvalue weighted by atomic mass is 16.2. The number of benzene rings is 3. The molecule has 0 spiro atoms. The Morgan fingerprint density at radius 2 is 1.64 bits per heavy atom. The van der Waals surface area contributed by atoms with Crippen LogP contribution in [0.15, 0.2) is 84.0 Å². The van der Waals surface area contributed by atoms with Crippen LogP contribution in [-0.4, -0.2) is 16.7 Å². The summed E-state index contributed by atoms with van der Waals surface area (Å²) < 4.78 is 2.15. The number of para-hydroxylation sites is 1. The van der Waals surface area contributed by atoms with Crippen LogP contribution in [0.2, 0.25) is 0 Å². The summed E-state index contributed by atoms with van der Waals surface area (Å²) in [5.74, 6) is -0.280. The number of nitrogens with zero attached hydrogens (tertiary/aromatic N) is 2. The fourth-order valence-electron chi connectivity index (χ4n) is 3.35. The van der Waals surface area contributed by atoms with Crippen LogP contribution in [0.25, 0.3) is 22.2 Å². The lowest BCUT2D eigenvalue weighted by atomic mass is 10.1. The molecular formula is C23H20N4O. The zero-order chi connectivity index (χ0) is 19.5. The molecule has 1 aromatic heterocycles. The average Bonchev–Trinajstić information content (AvgIpc) is 3.01. The Balaban J connectivity index is 1.71. The summed E-state index contributed by atoms with van der Waals surface area (Å²) in [5, 5.41) is 5.30. The smallest absolute Gasteiger partial charge is 0.271 e. The van der Waals surface area contributed by atoms with Gasteiger partial charge in [-0.25, -0.2) is 5.43 Å². The van der Waals surface area contributed by atoms with Gasteiger partial charge in [0.25, 0.3) is 5.91 Å². The molecule has 0 atom stereocenters. The van der Waals surface area contributed by atoms with E-state index in [-0.39, 0.29) is 5.91 Å². The van der Waals surface area contributed by atoms with Gasteiger partial charge in [-0.3, -0.25) is 4.79 Å². The summed E-state index contributed by atoms with van der Waals surface area (Å²) in [4.78, 5) is 12.3. The van der Waals surface area contributed by atoms with Gasteiger partial charge in [-0.2, -0.15) is 5.10 Å². The molecule has 3 N–H and O–H groups in total. The van der Waals surface area contributed by atoms with Crippen molar-refractivity contribution in [3.05, 3.63) is 90.0 Å². The van der Waals surface area contributed by atoms with Crippen molar-refractivity contribution >= 4 is 28.7 Å². The lowest BCUT2D eigenvalue weighted by Crippen LogP contribution is -2.17. The molecule has 0 aliphatic carbocycles. The molecule has 5 heteroatoms. The van der Waals surface area contributed by atoms with Gasteiger partial charge in [0.05, 0.1) is 11.9 Å². The highest BCUT2D eigenvalue weighted by Crippen LogP contribution is 2.31. The minimum Gasteiger partial charge on any atom is -0.399 e. The second kappa shape index (κ2) is 7.40. The summed E-state index contributed by atoms with van der Waals surface area (Å²) in [6.07, 6.45) is 1.71. The van der Waals surface area contributed by atoms with E-state index in [0.717, 1.165) is 27.7 Å². The number of fused-ring (bicyclic) bond motifs is 1. The first-order valence-electron chi connectivity index (χ1n) is 8.97. The topological polar surface area (TPSA) is 72.4 Å². The molecule has 0 saturated heterocycles. The van der Waals surface area contributed by atoms with E-state index >= 15 is 0 Å². The molecule has 138 valence electrons. The number of nitrogens with one attached hydrogen (secondary N) is 1. The van der Waals surface area contributed by atoms with Crippen molar-refractivity contribution in [1.29, 1.82) is 0 Å². The predicted molar refractivity (Wildman–Crippen MR) is 114 cm³/mol. The van der Waals surface area contributed by atoms with Crippen molar-refractivity contribution in [2.24, 2.45) is 12.1 Å². The zero-order valence-electron chi connectivity index (χ0n) is 15.5. The maximum Gasteiger partial charge on any atom is 0.271 e. The van der Waals surface area contributed by atoms with Gasteiger partial charge in [0.1, 0.15) is 0 Å². The number of amides is 1. The summed E-state index contributed by atoms with van der Waals surface area (Å²) in [7, 11) is 2.04. The van der Waals surface area contributed by atoms with Gasteiger partial charge in [-0.05, 0) is 35.9 Å². The van der Waals surface area contributed by atoms with Gasteiger partial charge < -0.3 is 10.3 Å². The number of nitrogen functional groups attached to an aromatic ring is 1. The van der Waals surface area contributed by atoms with E-state index < -0.39 is 0 Å². The van der Waals surface area contributed by atoms with Crippen LogP contribution in [0.1, 0.15) is 15.9 Å². The quantitative estimate of drug-likeness (QED) is 0.322. The molecule has 0 fully saturated rings. The van der Waals surface area contributed by atoms with Gasteiger partial charge in [0.15, 0.2) is 0 Å². The molecule has 0 unspecified atom stereocenters. The second-order valence-electron chi connectivity index (χ2n) is 6.53. The van der Waals surface area contributed by atoms with Crippen molar-refractivity contribution in [3.8, 4) is 11.3 Å². The number of anilines is 1. The fraction of sp³-hybridized carbons (Fsp3) is 0.0435. The van der Waals surface area contributed by atoms with E-state index in [1.54, 1.807) is 30.5 Å². The maximum atomic E-state index is 12.3. The number of nitrogens with two attached hydrogens (primary N) is 1. The van der Waals surface area contributed by atoms with Crippen LogP contribution in [0, 0.1) is 0 Å². The summed E-state index contributed by atoms with van der Waals surface area (Å²) in [5.41, 5.74) is 13.6. The fourth-order valence-corrected chi connectivity index (χ4v) is 3.35. The standard InChI is InChI=1S/C23H20N4O/c1-27-21-10-6-5-9-19(21)20(22(27)16-7-3-2-4-8-16)15-25-26-23(28)17-11-13-18(24)14-12-17/h2-15H,24H2,1H3,(H,26,28). The number of rotatable bonds is 4. The summed E-state index contributed by atoms with van der Waals surface area (Å²) in [6, 6.07) is 25.0. The highest BCUT2D eigenvalue weighted by molar-refractivity contribution is 6.07. The normalized spacial score (nSPS) is 11.2. The SMILES string of the molecule is Cn1c(-c2ccccc2)c(C=NNC(=O)c2ccc(N)cc2)c2ccccc21. The molecule has 0 aliphatic heterocycles. The number of carbonyl (C=O) groups is 1. The van der Waals surface area contributed by atoms with Crippen LogP contribution < -0.4 is 11.2 Å². The number of hydrogen-bond acceptors (Lipinski definition) is 3. The monoisotopic (exact) mass is 368 g/mol. The third-order valence-corrected chi connectivity index (χ3v) is 4.73. The molecule has 0 aliphatic rings. The molecule has 1 heterocycles. The summed E-state index contributed by atoms with van der Waals surface area (Å²) in [6.45, 7) is 0. The lowest BCUT2D eigenvalue weighted by molar-refractivity contribution is 0.0955. The van der Waals surface area contributed by atoms with Gasteiger partial charge in [0, 0.05) is 34.8 Å². The Kier molecular flexibility index (Phi) is 4.64. The van der Waals surface area contributed by atoms with Gasteiger partial charge in [0.2, 0.25) is 0 Å². The van der Waals surface area contributed by atoms with Crippen molar-refractivity contribution in [3.63, 3.8) is 0 Å². The van der Waals surface area contributed by atoms with Crippen LogP contribution in [0.3, 0.4) is 0 Å². The first kappa shape index (κ1) is 17.5. The number of hydrazone groups is 1. The molecule has 5 nitrogen and oxygen atoms in total. The Labute approximate surface area is 163 Å². The minimum absolute atomic E-state index is 0.280. The van der Waals surface area contributed by atoms with E-state index in [9.17, 15) is 4.79 Å². The van der Waals surface area contributed by atoms with Gasteiger partial charge in [-0.15, -0.1) is 0 Å². The third kappa shape index (κ3) is 3.25. The average molecular weight is 368 g/mol. The minimum atomic E-state index is -0.280. The molecule has 0 radical (unpaired) electrons. The zero-order valence-corrected chi connectivity index (χ0v) is 15.5. The molecule has 1 amide bonds. The molecule has 3 aromatic carbocycles. The van der Waals surface area contributed by atoms with E-state index in [1.807, 2.05) is 37.4 Å². The van der Waals surface area contributed by atoms with Crippen molar-refractivity contribution < 1.29 is 4.79 Å². The lowest BCUT2D eigenvalue weighted by Gasteiger charge is -2.06. The number of aryl methyl sites for hydroxylation is 1. The first-order valence-corrected chi connectivity index (χ1v) is 8.97. The van der Waals surface area contributed by atoms with E-state index in [0.29, 0.717) is 11.3 Å². The largest absolute Gasteiger partial charge is 0.399 e. The van der Waals surface area contributed by atoms with Crippen LogP contribution in [-0.2, 0) is 7.05 Å². The Morgan fingerprint density at radius 1 is 0.964 bits per heavy atom. The van der Waals surface area contributed by atoms with E-state index in [1.165, 1.54) is 0 Å². The van der Waals surface area contributed by atoms with Crippen molar-refractivity contribution in [2.75, 3.05) is 5.73 Å². The van der Waals surface area contributed by atoms with Crippen LogP contribution in [0.5, 0.6) is 0 Å². The van der Waals surface area contributed by atoms with E-state index in [4.69, 9.17) is 5.73 Å². The highest BCUT2D eigenvalue weighted by Gasteiger charge is 2.15. The molecule has 4 aromatic rings. The third-order valence-electron chi connectivity index (χ3n) is 4.73. The van der Waals surface area contributed by atoms with Gasteiger partial charge in [-0.1, -0.05) is 48.5 Å². The molecule has 0 bridgehead atoms. The summed E-state index contributed by atoms with van der Waals surface area (Å²) >= 11 is 0. The van der Waals surface area contributed by atoms with Crippen LogP contribution >= 0.6 is 0 Å². The Bertz CT molecular complexity index is 1160.